The van der Waals surface area contributed by atoms with Gasteiger partial charge >= 0.3 is 86.9 Å². The molecule has 4 nitrogen and oxygen atoms in total. The third-order valence-electron chi connectivity index (χ3n) is 1.25. The van der Waals surface area contributed by atoms with E-state index in [2.05, 4.69) is 0 Å². The van der Waals surface area contributed by atoms with Crippen LogP contribution in [0.15, 0.2) is 29.2 Å². The van der Waals surface area contributed by atoms with Crippen LogP contribution >= 0.6 is 0 Å². The molecule has 1 rings (SSSR count). The van der Waals surface area contributed by atoms with Gasteiger partial charge in [-0.1, -0.05) is 0 Å². The van der Waals surface area contributed by atoms with E-state index in [1.54, 1.807) is 6.07 Å². The molecule has 0 spiro atoms. The van der Waals surface area contributed by atoms with Crippen LogP contribution in [0.25, 0.3) is 0 Å². The zero-order valence-corrected chi connectivity index (χ0v) is 11.3. The number of rotatable bonds is 2. The van der Waals surface area contributed by atoms with Gasteiger partial charge in [0.25, 0.3) is 0 Å². The van der Waals surface area contributed by atoms with E-state index in [1.165, 1.54) is 18.2 Å². The van der Waals surface area contributed by atoms with E-state index in [4.69, 9.17) is 7.24 Å². The Morgan fingerprint density at radius 3 is 2.33 bits per heavy atom. The molecule has 62 valence electrons. The van der Waals surface area contributed by atoms with Crippen LogP contribution in [0.3, 0.4) is 0 Å². The third kappa shape index (κ3) is 2.17. The van der Waals surface area contributed by atoms with Crippen molar-refractivity contribution in [1.29, 1.82) is 0 Å². The van der Waals surface area contributed by atoms with Crippen molar-refractivity contribution in [2.24, 2.45) is 0 Å². The van der Waals surface area contributed by atoms with Crippen molar-refractivity contribution in [2.75, 3.05) is 0 Å². The van der Waals surface area contributed by atoms with Gasteiger partial charge in [0.1, 0.15) is 0 Å². The van der Waals surface area contributed by atoms with Crippen LogP contribution in [-0.4, -0.2) is 39.2 Å². The Labute approximate surface area is 86.6 Å². The van der Waals surface area contributed by atoms with E-state index in [9.17, 15) is 8.42 Å². The summed E-state index contributed by atoms with van der Waals surface area (Å²) in [5.41, 5.74) is 0. The summed E-state index contributed by atoms with van der Waals surface area (Å²) in [7, 11) is -4.14. The van der Waals surface area contributed by atoms with Crippen molar-refractivity contribution < 1.29 is 15.7 Å². The Kier molecular flexibility index (Phi) is 3.07. The predicted molar refractivity (Wildman–Crippen MR) is 42.6 cm³/mol. The average Bonchev–Trinajstić information content (AvgIpc) is 2.03. The topological polar surface area (TPSA) is 63.6 Å². The van der Waals surface area contributed by atoms with E-state index in [0.29, 0.717) is 0 Å². The van der Waals surface area contributed by atoms with Gasteiger partial charge in [-0.05, 0) is 0 Å². The molecule has 0 aliphatic carbocycles. The first-order valence-corrected chi connectivity index (χ1v) is 6.26. The Morgan fingerprint density at radius 1 is 1.33 bits per heavy atom. The molecular weight excluding hydrogens is 373 g/mol. The number of para-hydroxylation sites is 1. The second-order valence-corrected chi connectivity index (χ2v) is 4.35. The SMILES string of the molecule is O=S(=O)(O)c1ccccc1[O][Tl]. The predicted octanol–water partition coefficient (Wildman–Crippen LogP) is 0.396. The van der Waals surface area contributed by atoms with Gasteiger partial charge in [0.15, 0.2) is 0 Å². The first-order valence-electron chi connectivity index (χ1n) is 2.99. The fourth-order valence-corrected chi connectivity index (χ4v) is 2.51. The summed E-state index contributed by atoms with van der Waals surface area (Å²) < 4.78 is 35.0. The van der Waals surface area contributed by atoms with Crippen molar-refractivity contribution >= 4 is 36.3 Å². The summed E-state index contributed by atoms with van der Waals surface area (Å²) in [4.78, 5) is -0.174. The number of benzene rings is 1. The molecule has 0 bridgehead atoms. The van der Waals surface area contributed by atoms with Crippen LogP contribution in [0, 0.1) is 0 Å². The van der Waals surface area contributed by atoms with Crippen LogP contribution in [0.4, 0.5) is 0 Å². The van der Waals surface area contributed by atoms with Crippen LogP contribution in [0.2, 0.25) is 0 Å². The minimum atomic E-state index is -4.14. The standard InChI is InChI=1S/C6H6O4S.Tl/c7-5-3-1-2-4-6(5)11(8,9)10;/h1-4,7H,(H,8,9,10);/q;+1/p-1. The van der Waals surface area contributed by atoms with Crippen LogP contribution in [0.5, 0.6) is 5.75 Å². The van der Waals surface area contributed by atoms with Gasteiger partial charge in [-0.25, -0.2) is 0 Å². The second-order valence-electron chi connectivity index (χ2n) is 2.04. The Bertz CT molecular complexity index is 373. The normalized spacial score (nSPS) is 11.0. The molecule has 0 amide bonds. The van der Waals surface area contributed by atoms with Crippen LogP contribution < -0.4 is 2.69 Å². The van der Waals surface area contributed by atoms with Crippen molar-refractivity contribution in [2.45, 2.75) is 4.90 Å². The molecule has 0 aliphatic heterocycles. The van der Waals surface area contributed by atoms with Gasteiger partial charge in [-0.2, -0.15) is 0 Å². The summed E-state index contributed by atoms with van der Waals surface area (Å²) in [5, 5.41) is 0. The summed E-state index contributed by atoms with van der Waals surface area (Å²) in [6.07, 6.45) is 0. The number of hydrogen-bond donors (Lipinski definition) is 1. The van der Waals surface area contributed by atoms with E-state index < -0.39 is 10.1 Å². The minimum absolute atomic E-state index is 0.174. The van der Waals surface area contributed by atoms with E-state index in [-0.39, 0.29) is 36.9 Å². The molecule has 0 fully saturated rings. The van der Waals surface area contributed by atoms with Gasteiger partial charge in [-0.3, -0.25) is 0 Å². The van der Waals surface area contributed by atoms with Gasteiger partial charge < -0.3 is 0 Å². The average molecular weight is 378 g/mol. The monoisotopic (exact) mass is 378 g/mol. The first kappa shape index (κ1) is 9.94. The molecule has 1 aromatic carbocycles. The van der Waals surface area contributed by atoms with Crippen LogP contribution in [0.1, 0.15) is 0 Å². The molecule has 0 saturated carbocycles. The molecule has 0 aliphatic rings. The molecule has 0 heterocycles. The summed E-state index contributed by atoms with van der Waals surface area (Å²) in [6, 6.07) is 5.97. The molecule has 0 unspecified atom stereocenters. The van der Waals surface area contributed by atoms with Gasteiger partial charge in [-0.15, -0.1) is 0 Å². The summed E-state index contributed by atoms with van der Waals surface area (Å²) in [5.74, 6) is 0.213. The Balaban J connectivity index is 3.33. The zero-order valence-electron chi connectivity index (χ0n) is 5.97. The molecule has 1 aromatic rings. The second kappa shape index (κ2) is 3.71. The first-order chi connectivity index (χ1) is 5.55. The fourth-order valence-electron chi connectivity index (χ4n) is 0.761. The summed E-state index contributed by atoms with van der Waals surface area (Å²) >= 11 is 0.192. The molecule has 0 aromatic heterocycles. The van der Waals surface area contributed by atoms with Crippen molar-refractivity contribution in [3.63, 3.8) is 0 Å². The van der Waals surface area contributed by atoms with E-state index in [0.717, 1.165) is 0 Å². The molecule has 0 atom stereocenters. The Morgan fingerprint density at radius 2 is 1.92 bits per heavy atom. The quantitative estimate of drug-likeness (QED) is 0.598. The van der Waals surface area contributed by atoms with Crippen molar-refractivity contribution in [3.05, 3.63) is 24.3 Å². The van der Waals surface area contributed by atoms with Gasteiger partial charge in [0.05, 0.1) is 0 Å². The van der Waals surface area contributed by atoms with Gasteiger partial charge in [0.2, 0.25) is 0 Å². The summed E-state index contributed by atoms with van der Waals surface area (Å²) in [6.45, 7) is 0. The molecule has 6 heteroatoms. The molecular formula is C6H5O4STl. The van der Waals surface area contributed by atoms with Crippen molar-refractivity contribution in [3.8, 4) is 5.75 Å². The zero-order chi connectivity index (χ0) is 9.19. The van der Waals surface area contributed by atoms with E-state index >= 15 is 0 Å². The van der Waals surface area contributed by atoms with Crippen molar-refractivity contribution in [1.82, 2.24) is 0 Å². The Hall–Kier alpha value is -0.148. The maximum absolute atomic E-state index is 10.7. The van der Waals surface area contributed by atoms with Gasteiger partial charge in [0, 0.05) is 0 Å². The number of hydrogen-bond acceptors (Lipinski definition) is 3. The third-order valence-corrected chi connectivity index (χ3v) is 3.13. The fraction of sp³-hybridized carbons (Fsp3) is 0. The maximum atomic E-state index is 10.7. The van der Waals surface area contributed by atoms with E-state index in [1.807, 2.05) is 0 Å². The molecule has 1 N–H and O–H groups in total. The molecule has 12 heavy (non-hydrogen) atoms. The molecule has 0 radical (unpaired) electrons. The molecule has 0 saturated heterocycles. The van der Waals surface area contributed by atoms with Crippen LogP contribution in [-0.2, 0) is 10.1 Å².